The third-order valence-electron chi connectivity index (χ3n) is 1.84. The Balaban J connectivity index is 3.68. The molecule has 0 saturated heterocycles. The molecule has 0 spiro atoms. The summed E-state index contributed by atoms with van der Waals surface area (Å²) in [5, 5.41) is 8.31. The highest BCUT2D eigenvalue weighted by Gasteiger charge is 2.12. The van der Waals surface area contributed by atoms with E-state index in [0.717, 1.165) is 0 Å². The van der Waals surface area contributed by atoms with E-state index in [0.29, 0.717) is 34.1 Å². The number of allylic oxidation sites excluding steroid dienone is 1. The van der Waals surface area contributed by atoms with E-state index in [9.17, 15) is 0 Å². The van der Waals surface area contributed by atoms with E-state index in [4.69, 9.17) is 9.79 Å². The molecule has 0 aliphatic heterocycles. The molecule has 86 valence electrons. The zero-order valence-electron chi connectivity index (χ0n) is 10.0. The van der Waals surface area contributed by atoms with E-state index in [1.54, 1.807) is 0 Å². The molecule has 0 bridgehead atoms. The van der Waals surface area contributed by atoms with Gasteiger partial charge in [-0.05, 0) is 27.7 Å². The molecule has 0 N–H and O–H groups in total. The standard InChI is InChI=1S/C11H21N2OP/c1-10(2)13(11(3)4)15-14-9-7-5-6-8-12/h5,7,10-11,15H,6,9H2,1-4H3/b7-5-. The predicted molar refractivity (Wildman–Crippen MR) is 65.7 cm³/mol. The summed E-state index contributed by atoms with van der Waals surface area (Å²) in [7, 11) is 0.395. The van der Waals surface area contributed by atoms with E-state index in [1.165, 1.54) is 0 Å². The Hall–Kier alpha value is -0.420. The highest BCUT2D eigenvalue weighted by Crippen LogP contribution is 2.25. The molecule has 0 aromatic carbocycles. The molecule has 0 aromatic rings. The van der Waals surface area contributed by atoms with Crippen molar-refractivity contribution in [1.29, 1.82) is 5.26 Å². The van der Waals surface area contributed by atoms with Gasteiger partial charge < -0.3 is 4.52 Å². The molecule has 0 radical (unpaired) electrons. The lowest BCUT2D eigenvalue weighted by atomic mass is 10.3. The van der Waals surface area contributed by atoms with E-state index < -0.39 is 0 Å². The van der Waals surface area contributed by atoms with Crippen LogP contribution in [0.5, 0.6) is 0 Å². The van der Waals surface area contributed by atoms with Crippen LogP contribution in [0.3, 0.4) is 0 Å². The van der Waals surface area contributed by atoms with Crippen molar-refractivity contribution in [3.8, 4) is 6.07 Å². The molecular formula is C11H21N2OP. The zero-order chi connectivity index (χ0) is 11.7. The van der Waals surface area contributed by atoms with Crippen LogP contribution in [0.4, 0.5) is 0 Å². The molecule has 0 aromatic heterocycles. The Morgan fingerprint density at radius 3 is 2.33 bits per heavy atom. The highest BCUT2D eigenvalue weighted by molar-refractivity contribution is 7.29. The van der Waals surface area contributed by atoms with Gasteiger partial charge in [-0.1, -0.05) is 12.2 Å². The smallest absolute Gasteiger partial charge is 0.0898 e. The summed E-state index contributed by atoms with van der Waals surface area (Å²) >= 11 is 0. The monoisotopic (exact) mass is 228 g/mol. The summed E-state index contributed by atoms with van der Waals surface area (Å²) in [6.07, 6.45) is 4.19. The van der Waals surface area contributed by atoms with Gasteiger partial charge >= 0.3 is 0 Å². The fraction of sp³-hybridized carbons (Fsp3) is 0.727. The van der Waals surface area contributed by atoms with Gasteiger partial charge in [-0.2, -0.15) is 5.26 Å². The van der Waals surface area contributed by atoms with Crippen LogP contribution in [-0.2, 0) is 4.52 Å². The predicted octanol–water partition coefficient (Wildman–Crippen LogP) is 3.10. The lowest BCUT2D eigenvalue weighted by molar-refractivity contribution is 0.281. The number of hydrogen-bond donors (Lipinski definition) is 0. The SMILES string of the molecule is CC(C)N(POC/C=C\CC#N)C(C)C. The van der Waals surface area contributed by atoms with Crippen LogP contribution < -0.4 is 0 Å². The average molecular weight is 228 g/mol. The molecule has 0 aliphatic carbocycles. The van der Waals surface area contributed by atoms with Crippen molar-refractivity contribution in [1.82, 2.24) is 4.67 Å². The van der Waals surface area contributed by atoms with E-state index in [1.807, 2.05) is 12.2 Å². The zero-order valence-corrected chi connectivity index (χ0v) is 11.0. The largest absolute Gasteiger partial charge is 0.342 e. The molecular weight excluding hydrogens is 207 g/mol. The maximum Gasteiger partial charge on any atom is 0.0898 e. The van der Waals surface area contributed by atoms with Crippen LogP contribution >= 0.6 is 8.96 Å². The van der Waals surface area contributed by atoms with Crippen LogP contribution in [0.2, 0.25) is 0 Å². The second kappa shape index (κ2) is 8.85. The molecule has 1 atom stereocenters. The Kier molecular flexibility index (Phi) is 8.61. The van der Waals surface area contributed by atoms with Crippen molar-refractivity contribution in [3.63, 3.8) is 0 Å². The van der Waals surface area contributed by atoms with Crippen molar-refractivity contribution in [2.45, 2.75) is 46.2 Å². The second-order valence-electron chi connectivity index (χ2n) is 3.83. The molecule has 3 nitrogen and oxygen atoms in total. The fourth-order valence-corrected chi connectivity index (χ4v) is 1.91. The van der Waals surface area contributed by atoms with Crippen molar-refractivity contribution in [2.24, 2.45) is 0 Å². The molecule has 0 saturated carbocycles. The summed E-state index contributed by atoms with van der Waals surface area (Å²) in [6, 6.07) is 3.07. The average Bonchev–Trinajstić information content (AvgIpc) is 2.15. The van der Waals surface area contributed by atoms with Gasteiger partial charge in [-0.15, -0.1) is 0 Å². The minimum atomic E-state index is 0.395. The maximum absolute atomic E-state index is 8.31. The van der Waals surface area contributed by atoms with Crippen LogP contribution in [0.25, 0.3) is 0 Å². The van der Waals surface area contributed by atoms with Crippen molar-refractivity contribution in [2.75, 3.05) is 6.61 Å². The van der Waals surface area contributed by atoms with Gasteiger partial charge in [0.25, 0.3) is 0 Å². The normalized spacial score (nSPS) is 12.7. The minimum absolute atomic E-state index is 0.395. The molecule has 0 heterocycles. The van der Waals surface area contributed by atoms with E-state index in [-0.39, 0.29) is 0 Å². The maximum atomic E-state index is 8.31. The van der Waals surface area contributed by atoms with Crippen LogP contribution in [0, 0.1) is 11.3 Å². The second-order valence-corrected chi connectivity index (χ2v) is 4.82. The number of rotatable bonds is 7. The van der Waals surface area contributed by atoms with E-state index >= 15 is 0 Å². The van der Waals surface area contributed by atoms with E-state index in [2.05, 4.69) is 38.4 Å². The third-order valence-corrected chi connectivity index (χ3v) is 3.38. The molecule has 1 unspecified atom stereocenters. The summed E-state index contributed by atoms with van der Waals surface area (Å²) < 4.78 is 7.83. The first-order valence-corrected chi connectivity index (χ1v) is 6.12. The van der Waals surface area contributed by atoms with Gasteiger partial charge in [0.2, 0.25) is 0 Å². The molecule has 0 rings (SSSR count). The highest BCUT2D eigenvalue weighted by atomic mass is 31.1. The van der Waals surface area contributed by atoms with Gasteiger partial charge in [-0.3, -0.25) is 4.67 Å². The topological polar surface area (TPSA) is 36.3 Å². The lowest BCUT2D eigenvalue weighted by Gasteiger charge is -2.28. The molecule has 0 fully saturated rings. The number of hydrogen-bond acceptors (Lipinski definition) is 3. The fourth-order valence-electron chi connectivity index (χ4n) is 1.17. The summed E-state index contributed by atoms with van der Waals surface area (Å²) in [4.78, 5) is 0. The quantitative estimate of drug-likeness (QED) is 0.381. The van der Waals surface area contributed by atoms with Crippen molar-refractivity contribution in [3.05, 3.63) is 12.2 Å². The molecule has 15 heavy (non-hydrogen) atoms. The third kappa shape index (κ3) is 7.50. The summed E-state index contributed by atoms with van der Waals surface area (Å²) in [5.74, 6) is 0. The Bertz CT molecular complexity index is 213. The van der Waals surface area contributed by atoms with Gasteiger partial charge in [0.1, 0.15) is 0 Å². The molecule has 0 amide bonds. The van der Waals surface area contributed by atoms with Crippen LogP contribution in [0.1, 0.15) is 34.1 Å². The summed E-state index contributed by atoms with van der Waals surface area (Å²) in [6.45, 7) is 9.27. The van der Waals surface area contributed by atoms with Crippen LogP contribution in [-0.4, -0.2) is 23.4 Å². The van der Waals surface area contributed by atoms with Crippen LogP contribution in [0.15, 0.2) is 12.2 Å². The molecule has 4 heteroatoms. The van der Waals surface area contributed by atoms with Gasteiger partial charge in [-0.25, -0.2) is 0 Å². The van der Waals surface area contributed by atoms with Crippen molar-refractivity contribution < 1.29 is 4.52 Å². The van der Waals surface area contributed by atoms with Gasteiger partial charge in [0, 0.05) is 12.1 Å². The number of nitriles is 1. The number of nitrogens with zero attached hydrogens (tertiary/aromatic N) is 2. The first-order chi connectivity index (χ1) is 7.09. The minimum Gasteiger partial charge on any atom is -0.342 e. The Morgan fingerprint density at radius 1 is 1.27 bits per heavy atom. The Morgan fingerprint density at radius 2 is 1.87 bits per heavy atom. The first kappa shape index (κ1) is 14.6. The lowest BCUT2D eigenvalue weighted by Crippen LogP contribution is -2.29. The van der Waals surface area contributed by atoms with Crippen molar-refractivity contribution >= 4 is 8.96 Å². The Labute approximate surface area is 95.0 Å². The molecule has 0 aliphatic rings. The van der Waals surface area contributed by atoms with Gasteiger partial charge in [0.15, 0.2) is 0 Å². The van der Waals surface area contributed by atoms with Gasteiger partial charge in [0.05, 0.1) is 28.1 Å². The first-order valence-electron chi connectivity index (χ1n) is 5.27. The summed E-state index contributed by atoms with van der Waals surface area (Å²) in [5.41, 5.74) is 0.